The highest BCUT2D eigenvalue weighted by atomic mass is 16.5. The molecule has 0 heterocycles. The Morgan fingerprint density at radius 3 is 2.58 bits per heavy atom. The van der Waals surface area contributed by atoms with Crippen LogP contribution < -0.4 is 5.73 Å². The molecule has 0 spiro atoms. The Morgan fingerprint density at radius 2 is 2.17 bits per heavy atom. The highest BCUT2D eigenvalue weighted by Gasteiger charge is 2.05. The molecule has 0 aliphatic carbocycles. The lowest BCUT2D eigenvalue weighted by molar-refractivity contribution is 0.0968. The smallest absolute Gasteiger partial charge is 0.0680 e. The Labute approximate surface area is 75.5 Å². The zero-order valence-corrected chi connectivity index (χ0v) is 8.05. The summed E-state index contributed by atoms with van der Waals surface area (Å²) in [5.74, 6) is 2.60. The van der Waals surface area contributed by atoms with Crippen molar-refractivity contribution in [2.45, 2.75) is 44.8 Å². The van der Waals surface area contributed by atoms with Gasteiger partial charge in [0, 0.05) is 19.6 Å². The van der Waals surface area contributed by atoms with Gasteiger partial charge in [0.25, 0.3) is 0 Å². The van der Waals surface area contributed by atoms with Gasteiger partial charge < -0.3 is 10.5 Å². The van der Waals surface area contributed by atoms with Crippen molar-refractivity contribution in [3.8, 4) is 12.3 Å². The van der Waals surface area contributed by atoms with E-state index in [1.54, 1.807) is 7.11 Å². The van der Waals surface area contributed by atoms with Gasteiger partial charge in [-0.05, 0) is 26.2 Å². The van der Waals surface area contributed by atoms with Gasteiger partial charge in [0.1, 0.15) is 0 Å². The molecule has 0 aliphatic rings. The van der Waals surface area contributed by atoms with Gasteiger partial charge in [-0.2, -0.15) is 0 Å². The third kappa shape index (κ3) is 6.21. The summed E-state index contributed by atoms with van der Waals surface area (Å²) in [7, 11) is 1.70. The van der Waals surface area contributed by atoms with Crippen molar-refractivity contribution < 1.29 is 4.74 Å². The fraction of sp³-hybridized carbons (Fsp3) is 0.800. The van der Waals surface area contributed by atoms with E-state index < -0.39 is 0 Å². The molecule has 0 aromatic heterocycles. The lowest BCUT2D eigenvalue weighted by Gasteiger charge is -2.12. The van der Waals surface area contributed by atoms with Crippen molar-refractivity contribution in [1.82, 2.24) is 0 Å². The van der Waals surface area contributed by atoms with Crippen LogP contribution in [0.3, 0.4) is 0 Å². The highest BCUT2D eigenvalue weighted by Crippen LogP contribution is 2.08. The fourth-order valence-electron chi connectivity index (χ4n) is 1.10. The second-order valence-electron chi connectivity index (χ2n) is 3.17. The minimum atomic E-state index is 0.216. The largest absolute Gasteiger partial charge is 0.380 e. The molecular weight excluding hydrogens is 150 g/mol. The first-order chi connectivity index (χ1) is 5.70. The maximum Gasteiger partial charge on any atom is 0.0680 e. The standard InChI is InChI=1S/C10H19NO/c1-4-6-10(12-3)8-5-7-9(2)11/h1,9-10H,5-8,11H2,2-3H3. The quantitative estimate of drug-likeness (QED) is 0.612. The van der Waals surface area contributed by atoms with Gasteiger partial charge in [-0.25, -0.2) is 0 Å². The molecule has 0 saturated carbocycles. The normalized spacial score (nSPS) is 15.2. The molecule has 0 aromatic rings. The zero-order chi connectivity index (χ0) is 9.40. The molecule has 2 atom stereocenters. The first-order valence-corrected chi connectivity index (χ1v) is 4.42. The lowest BCUT2D eigenvalue weighted by Crippen LogP contribution is -2.16. The first kappa shape index (κ1) is 11.5. The van der Waals surface area contributed by atoms with Gasteiger partial charge in [0.2, 0.25) is 0 Å². The second-order valence-corrected chi connectivity index (χ2v) is 3.17. The van der Waals surface area contributed by atoms with Gasteiger partial charge in [0.15, 0.2) is 0 Å². The lowest BCUT2D eigenvalue weighted by atomic mass is 10.1. The average Bonchev–Trinajstić information content (AvgIpc) is 2.02. The van der Waals surface area contributed by atoms with E-state index in [0.717, 1.165) is 19.3 Å². The van der Waals surface area contributed by atoms with Gasteiger partial charge >= 0.3 is 0 Å². The summed E-state index contributed by atoms with van der Waals surface area (Å²) in [5.41, 5.74) is 5.61. The van der Waals surface area contributed by atoms with Crippen molar-refractivity contribution in [1.29, 1.82) is 0 Å². The number of rotatable bonds is 6. The van der Waals surface area contributed by atoms with Crippen LogP contribution in [0.1, 0.15) is 32.6 Å². The van der Waals surface area contributed by atoms with Crippen LogP contribution in [0.5, 0.6) is 0 Å². The number of terminal acetylenes is 1. The van der Waals surface area contributed by atoms with Crippen LogP contribution in [-0.2, 0) is 4.74 Å². The van der Waals surface area contributed by atoms with Crippen molar-refractivity contribution in [3.05, 3.63) is 0 Å². The molecule has 0 amide bonds. The molecule has 2 unspecified atom stereocenters. The third-order valence-corrected chi connectivity index (χ3v) is 1.86. The maximum absolute atomic E-state index is 5.61. The molecule has 12 heavy (non-hydrogen) atoms. The minimum Gasteiger partial charge on any atom is -0.380 e. The van der Waals surface area contributed by atoms with Crippen LogP contribution in [-0.4, -0.2) is 19.3 Å². The van der Waals surface area contributed by atoms with E-state index in [2.05, 4.69) is 5.92 Å². The predicted molar refractivity (Wildman–Crippen MR) is 51.7 cm³/mol. The molecule has 0 bridgehead atoms. The first-order valence-electron chi connectivity index (χ1n) is 4.42. The van der Waals surface area contributed by atoms with Gasteiger partial charge in [-0.1, -0.05) is 0 Å². The number of hydrogen-bond acceptors (Lipinski definition) is 2. The molecule has 0 fully saturated rings. The Morgan fingerprint density at radius 1 is 1.50 bits per heavy atom. The van der Waals surface area contributed by atoms with Crippen LogP contribution in [0, 0.1) is 12.3 Å². The molecule has 0 rings (SSSR count). The topological polar surface area (TPSA) is 35.2 Å². The summed E-state index contributed by atoms with van der Waals surface area (Å²) in [6, 6.07) is 0.286. The number of nitrogens with two attached hydrogens (primary N) is 1. The summed E-state index contributed by atoms with van der Waals surface area (Å²) >= 11 is 0. The van der Waals surface area contributed by atoms with Crippen molar-refractivity contribution in [2.75, 3.05) is 7.11 Å². The van der Waals surface area contributed by atoms with Crippen LogP contribution >= 0.6 is 0 Å². The van der Waals surface area contributed by atoms with E-state index >= 15 is 0 Å². The summed E-state index contributed by atoms with van der Waals surface area (Å²) in [4.78, 5) is 0. The second kappa shape index (κ2) is 7.15. The SMILES string of the molecule is C#CCC(CCCC(C)N)OC. The molecule has 0 aliphatic heterocycles. The average molecular weight is 169 g/mol. The van der Waals surface area contributed by atoms with Crippen LogP contribution in [0.15, 0.2) is 0 Å². The van der Waals surface area contributed by atoms with E-state index in [1.807, 2.05) is 6.92 Å². The van der Waals surface area contributed by atoms with E-state index in [0.29, 0.717) is 6.42 Å². The monoisotopic (exact) mass is 169 g/mol. The van der Waals surface area contributed by atoms with Crippen molar-refractivity contribution in [2.24, 2.45) is 5.73 Å². The Balaban J connectivity index is 3.39. The van der Waals surface area contributed by atoms with Gasteiger partial charge in [-0.15, -0.1) is 12.3 Å². The van der Waals surface area contributed by atoms with Crippen LogP contribution in [0.4, 0.5) is 0 Å². The molecule has 2 nitrogen and oxygen atoms in total. The minimum absolute atomic E-state index is 0.216. The number of ether oxygens (including phenoxy) is 1. The number of hydrogen-bond donors (Lipinski definition) is 1. The molecule has 2 heteroatoms. The van der Waals surface area contributed by atoms with Crippen LogP contribution in [0.25, 0.3) is 0 Å². The summed E-state index contributed by atoms with van der Waals surface area (Å²) in [6.07, 6.45) is 9.26. The molecule has 70 valence electrons. The van der Waals surface area contributed by atoms with E-state index in [4.69, 9.17) is 16.9 Å². The Kier molecular flexibility index (Phi) is 6.84. The van der Waals surface area contributed by atoms with Crippen molar-refractivity contribution >= 4 is 0 Å². The molecule has 0 radical (unpaired) electrons. The predicted octanol–water partition coefficient (Wildman–Crippen LogP) is 1.54. The highest BCUT2D eigenvalue weighted by molar-refractivity contribution is 4.87. The van der Waals surface area contributed by atoms with E-state index in [1.165, 1.54) is 0 Å². The van der Waals surface area contributed by atoms with Gasteiger partial charge in [-0.3, -0.25) is 0 Å². The van der Waals surface area contributed by atoms with Gasteiger partial charge in [0.05, 0.1) is 6.10 Å². The molecule has 0 saturated heterocycles. The van der Waals surface area contributed by atoms with Crippen LogP contribution in [0.2, 0.25) is 0 Å². The maximum atomic E-state index is 5.61. The Hall–Kier alpha value is -0.520. The summed E-state index contributed by atoms with van der Waals surface area (Å²) < 4.78 is 5.19. The Bertz CT molecular complexity index is 137. The summed E-state index contributed by atoms with van der Waals surface area (Å²) in [5, 5.41) is 0. The fourth-order valence-corrected chi connectivity index (χ4v) is 1.10. The number of methoxy groups -OCH3 is 1. The molecule has 2 N–H and O–H groups in total. The molecule has 0 aromatic carbocycles. The third-order valence-electron chi connectivity index (χ3n) is 1.86. The molecular formula is C10H19NO. The zero-order valence-electron chi connectivity index (χ0n) is 8.05. The van der Waals surface area contributed by atoms with Crippen molar-refractivity contribution in [3.63, 3.8) is 0 Å². The van der Waals surface area contributed by atoms with E-state index in [-0.39, 0.29) is 12.1 Å². The summed E-state index contributed by atoms with van der Waals surface area (Å²) in [6.45, 7) is 2.02. The van der Waals surface area contributed by atoms with E-state index in [9.17, 15) is 0 Å².